The maximum absolute atomic E-state index is 12.6. The predicted octanol–water partition coefficient (Wildman–Crippen LogP) is 1.59. The number of amides is 3. The van der Waals surface area contributed by atoms with Crippen LogP contribution in [0.25, 0.3) is 0 Å². The molecule has 0 aliphatic carbocycles. The third-order valence-electron chi connectivity index (χ3n) is 5.37. The van der Waals surface area contributed by atoms with Crippen molar-refractivity contribution < 1.29 is 14.0 Å². The van der Waals surface area contributed by atoms with Gasteiger partial charge in [0.25, 0.3) is 5.91 Å². The van der Waals surface area contributed by atoms with Crippen LogP contribution in [0.15, 0.2) is 29.1 Å². The van der Waals surface area contributed by atoms with Gasteiger partial charge in [0.05, 0.1) is 6.26 Å². The molecule has 3 amide bonds. The van der Waals surface area contributed by atoms with E-state index in [4.69, 9.17) is 4.42 Å². The van der Waals surface area contributed by atoms with Crippen LogP contribution in [0.3, 0.4) is 0 Å². The summed E-state index contributed by atoms with van der Waals surface area (Å²) in [7, 11) is 0. The van der Waals surface area contributed by atoms with Crippen molar-refractivity contribution in [1.82, 2.24) is 30.3 Å². The van der Waals surface area contributed by atoms with E-state index in [9.17, 15) is 9.59 Å². The van der Waals surface area contributed by atoms with Crippen molar-refractivity contribution in [3.63, 3.8) is 0 Å². The molecule has 0 saturated carbocycles. The Hall–Kier alpha value is -2.84. The second kappa shape index (κ2) is 7.81. The predicted molar refractivity (Wildman–Crippen MR) is 96.1 cm³/mol. The fourth-order valence-electron chi connectivity index (χ4n) is 3.87. The molecule has 9 heteroatoms. The van der Waals surface area contributed by atoms with Gasteiger partial charge >= 0.3 is 6.03 Å². The molecular formula is C18H24N6O3. The van der Waals surface area contributed by atoms with Crippen LogP contribution in [-0.4, -0.2) is 69.1 Å². The number of rotatable bonds is 3. The molecule has 0 spiro atoms. The second-order valence-electron chi connectivity index (χ2n) is 7.15. The van der Waals surface area contributed by atoms with Crippen LogP contribution >= 0.6 is 0 Å². The van der Waals surface area contributed by atoms with Gasteiger partial charge in [-0.1, -0.05) is 0 Å². The summed E-state index contributed by atoms with van der Waals surface area (Å²) in [5, 5.41) is 9.91. The largest absolute Gasteiger partial charge is 0.459 e. The van der Waals surface area contributed by atoms with Gasteiger partial charge in [-0.05, 0) is 37.8 Å². The molecule has 1 atom stereocenters. The van der Waals surface area contributed by atoms with Gasteiger partial charge in [0.15, 0.2) is 5.76 Å². The average molecular weight is 372 g/mol. The van der Waals surface area contributed by atoms with Crippen LogP contribution in [0.4, 0.5) is 4.79 Å². The first-order valence-electron chi connectivity index (χ1n) is 9.44. The van der Waals surface area contributed by atoms with E-state index >= 15 is 0 Å². The van der Waals surface area contributed by atoms with E-state index in [-0.39, 0.29) is 18.0 Å². The SMILES string of the molecule is O=C(N[C@@H]1CCCN(C(=O)c2ccco2)C1)N1CCC(c2ncn[nH]2)CC1. The molecule has 0 radical (unpaired) electrons. The van der Waals surface area contributed by atoms with Gasteiger partial charge in [0.1, 0.15) is 12.2 Å². The molecule has 2 aromatic rings. The monoisotopic (exact) mass is 372 g/mol. The first kappa shape index (κ1) is 17.6. The molecule has 2 saturated heterocycles. The van der Waals surface area contributed by atoms with Gasteiger partial charge in [-0.2, -0.15) is 5.10 Å². The molecule has 0 unspecified atom stereocenters. The third kappa shape index (κ3) is 3.96. The van der Waals surface area contributed by atoms with Crippen molar-refractivity contribution in [2.24, 2.45) is 0 Å². The maximum atomic E-state index is 12.6. The number of aromatic amines is 1. The lowest BCUT2D eigenvalue weighted by molar-refractivity contribution is 0.0661. The van der Waals surface area contributed by atoms with E-state index in [0.29, 0.717) is 37.9 Å². The number of carbonyl (C=O) groups excluding carboxylic acids is 2. The number of hydrogen-bond donors (Lipinski definition) is 2. The molecule has 9 nitrogen and oxygen atoms in total. The van der Waals surface area contributed by atoms with Gasteiger partial charge < -0.3 is 19.5 Å². The van der Waals surface area contributed by atoms with Crippen molar-refractivity contribution in [2.75, 3.05) is 26.2 Å². The summed E-state index contributed by atoms with van der Waals surface area (Å²) in [4.78, 5) is 32.9. The molecule has 4 heterocycles. The first-order chi connectivity index (χ1) is 13.2. The van der Waals surface area contributed by atoms with Gasteiger partial charge in [-0.25, -0.2) is 9.78 Å². The Morgan fingerprint density at radius 1 is 1.19 bits per heavy atom. The summed E-state index contributed by atoms with van der Waals surface area (Å²) in [6, 6.07) is 3.29. The smallest absolute Gasteiger partial charge is 0.317 e. The van der Waals surface area contributed by atoms with Gasteiger partial charge in [-0.15, -0.1) is 0 Å². The highest BCUT2D eigenvalue weighted by molar-refractivity contribution is 5.91. The van der Waals surface area contributed by atoms with Gasteiger partial charge in [0.2, 0.25) is 0 Å². The Kier molecular flexibility index (Phi) is 5.08. The Morgan fingerprint density at radius 3 is 2.74 bits per heavy atom. The molecule has 27 heavy (non-hydrogen) atoms. The molecule has 2 aliphatic rings. The Balaban J connectivity index is 1.27. The summed E-state index contributed by atoms with van der Waals surface area (Å²) >= 11 is 0. The standard InChI is InChI=1S/C18H24N6O3/c25-17(15-4-2-10-27-15)24-7-1-3-14(11-24)21-18(26)23-8-5-13(6-9-23)16-19-12-20-22-16/h2,4,10,12-14H,1,3,5-9,11H2,(H,21,26)(H,19,20,22)/t14-/m1/s1. The summed E-state index contributed by atoms with van der Waals surface area (Å²) in [5.74, 6) is 1.45. The molecule has 0 aromatic carbocycles. The minimum Gasteiger partial charge on any atom is -0.459 e. The highest BCUT2D eigenvalue weighted by Gasteiger charge is 2.30. The van der Waals surface area contributed by atoms with Crippen molar-refractivity contribution >= 4 is 11.9 Å². The number of aromatic nitrogens is 3. The zero-order valence-electron chi connectivity index (χ0n) is 15.1. The van der Waals surface area contributed by atoms with Gasteiger partial charge in [-0.3, -0.25) is 9.89 Å². The molecule has 4 rings (SSSR count). The fraction of sp³-hybridized carbons (Fsp3) is 0.556. The Morgan fingerprint density at radius 2 is 2.04 bits per heavy atom. The maximum Gasteiger partial charge on any atom is 0.317 e. The number of furan rings is 1. The minimum atomic E-state index is -0.119. The normalized spacial score (nSPS) is 21.3. The third-order valence-corrected chi connectivity index (χ3v) is 5.37. The molecule has 2 fully saturated rings. The van der Waals surface area contributed by atoms with Crippen LogP contribution in [0.1, 0.15) is 48.0 Å². The van der Waals surface area contributed by atoms with Crippen LogP contribution < -0.4 is 5.32 Å². The summed E-state index contributed by atoms with van der Waals surface area (Å²) in [6.45, 7) is 2.59. The highest BCUT2D eigenvalue weighted by Crippen LogP contribution is 2.25. The number of H-pyrrole nitrogens is 1. The fourth-order valence-corrected chi connectivity index (χ4v) is 3.87. The second-order valence-corrected chi connectivity index (χ2v) is 7.15. The Labute approximate surface area is 157 Å². The van der Waals surface area contributed by atoms with E-state index in [1.54, 1.807) is 17.0 Å². The van der Waals surface area contributed by atoms with E-state index in [2.05, 4.69) is 20.5 Å². The van der Waals surface area contributed by atoms with Crippen LogP contribution in [0.2, 0.25) is 0 Å². The number of nitrogens with zero attached hydrogens (tertiary/aromatic N) is 4. The zero-order chi connectivity index (χ0) is 18.6. The number of nitrogens with one attached hydrogen (secondary N) is 2. The number of piperidine rings is 2. The lowest BCUT2D eigenvalue weighted by atomic mass is 9.96. The lowest BCUT2D eigenvalue weighted by Crippen LogP contribution is -2.53. The number of carbonyl (C=O) groups is 2. The van der Waals surface area contributed by atoms with Crippen molar-refractivity contribution in [3.8, 4) is 0 Å². The molecule has 2 aliphatic heterocycles. The van der Waals surface area contributed by atoms with Crippen molar-refractivity contribution in [1.29, 1.82) is 0 Å². The van der Waals surface area contributed by atoms with Crippen LogP contribution in [0, 0.1) is 0 Å². The van der Waals surface area contributed by atoms with Crippen LogP contribution in [-0.2, 0) is 0 Å². The van der Waals surface area contributed by atoms with Crippen molar-refractivity contribution in [2.45, 2.75) is 37.6 Å². The highest BCUT2D eigenvalue weighted by atomic mass is 16.3. The minimum absolute atomic E-state index is 0.0304. The lowest BCUT2D eigenvalue weighted by Gasteiger charge is -2.36. The first-order valence-corrected chi connectivity index (χ1v) is 9.44. The summed E-state index contributed by atoms with van der Waals surface area (Å²) in [6.07, 6.45) is 6.51. The van der Waals surface area contributed by atoms with E-state index < -0.39 is 0 Å². The van der Waals surface area contributed by atoms with Gasteiger partial charge in [0, 0.05) is 38.1 Å². The summed E-state index contributed by atoms with van der Waals surface area (Å²) < 4.78 is 5.20. The number of urea groups is 1. The molecule has 0 bridgehead atoms. The number of hydrogen-bond acceptors (Lipinski definition) is 5. The average Bonchev–Trinajstić information content (AvgIpc) is 3.42. The Bertz CT molecular complexity index is 752. The van der Waals surface area contributed by atoms with E-state index in [1.165, 1.54) is 12.6 Å². The topological polar surface area (TPSA) is 107 Å². The molecule has 2 aromatic heterocycles. The molecule has 144 valence electrons. The number of likely N-dealkylation sites (tertiary alicyclic amines) is 2. The summed E-state index contributed by atoms with van der Waals surface area (Å²) in [5.41, 5.74) is 0. The van der Waals surface area contributed by atoms with E-state index in [1.807, 2.05) is 4.90 Å². The zero-order valence-corrected chi connectivity index (χ0v) is 15.1. The van der Waals surface area contributed by atoms with Crippen LogP contribution in [0.5, 0.6) is 0 Å². The molecular weight excluding hydrogens is 348 g/mol. The van der Waals surface area contributed by atoms with E-state index in [0.717, 1.165) is 31.5 Å². The quantitative estimate of drug-likeness (QED) is 0.851. The molecule has 2 N–H and O–H groups in total. The van der Waals surface area contributed by atoms with Crippen molar-refractivity contribution in [3.05, 3.63) is 36.3 Å².